The van der Waals surface area contributed by atoms with Crippen LogP contribution in [0.3, 0.4) is 0 Å². The van der Waals surface area contributed by atoms with Crippen LogP contribution < -0.4 is 10.6 Å². The third-order valence-corrected chi connectivity index (χ3v) is 6.17. The molecule has 2 unspecified atom stereocenters. The van der Waals surface area contributed by atoms with Gasteiger partial charge in [0.2, 0.25) is 11.8 Å². The second-order valence-corrected chi connectivity index (χ2v) is 11.2. The fourth-order valence-electron chi connectivity index (χ4n) is 4.28. The Kier molecular flexibility index (Phi) is 12.2. The fourth-order valence-corrected chi connectivity index (χ4v) is 4.28. The van der Waals surface area contributed by atoms with E-state index in [4.69, 9.17) is 9.47 Å². The average Bonchev–Trinajstić information content (AvgIpc) is 2.88. The van der Waals surface area contributed by atoms with Gasteiger partial charge in [-0.05, 0) is 89.4 Å². The molecule has 0 bridgehead atoms. The number of hydrogen-bond acceptors (Lipinski definition) is 8. The zero-order chi connectivity index (χ0) is 31.6. The molecule has 11 heteroatoms. The van der Waals surface area contributed by atoms with Gasteiger partial charge in [-0.1, -0.05) is 18.2 Å². The van der Waals surface area contributed by atoms with Crippen LogP contribution in [0.15, 0.2) is 42.5 Å². The summed E-state index contributed by atoms with van der Waals surface area (Å²) in [4.78, 5) is 54.0. The molecule has 2 aromatic rings. The van der Waals surface area contributed by atoms with Crippen molar-refractivity contribution in [3.05, 3.63) is 59.2 Å². The van der Waals surface area contributed by atoms with E-state index in [1.54, 1.807) is 72.7 Å². The van der Waals surface area contributed by atoms with Gasteiger partial charge in [-0.3, -0.25) is 14.4 Å². The van der Waals surface area contributed by atoms with E-state index in [1.165, 1.54) is 23.1 Å². The van der Waals surface area contributed by atoms with Crippen molar-refractivity contribution < 1.29 is 38.9 Å². The topological polar surface area (TPSA) is 154 Å². The Balaban J connectivity index is 2.52. The van der Waals surface area contributed by atoms with Crippen molar-refractivity contribution in [3.8, 4) is 11.5 Å². The van der Waals surface area contributed by atoms with Crippen molar-refractivity contribution in [3.63, 3.8) is 0 Å². The van der Waals surface area contributed by atoms with Crippen molar-refractivity contribution in [2.75, 3.05) is 13.2 Å². The third-order valence-electron chi connectivity index (χ3n) is 6.17. The molecule has 0 aliphatic heterocycles. The third kappa shape index (κ3) is 10.3. The second-order valence-electron chi connectivity index (χ2n) is 11.2. The molecule has 0 aliphatic carbocycles. The summed E-state index contributed by atoms with van der Waals surface area (Å²) in [7, 11) is 0. The molecule has 0 saturated heterocycles. The Bertz CT molecular complexity index is 1240. The highest BCUT2D eigenvalue weighted by molar-refractivity contribution is 5.92. The molecule has 0 heterocycles. The first-order valence-corrected chi connectivity index (χ1v) is 13.9. The average molecular weight is 586 g/mol. The summed E-state index contributed by atoms with van der Waals surface area (Å²) < 4.78 is 10.4. The molecule has 0 saturated carbocycles. The summed E-state index contributed by atoms with van der Waals surface area (Å²) >= 11 is 0. The van der Waals surface area contributed by atoms with E-state index in [-0.39, 0.29) is 37.5 Å². The number of esters is 1. The molecule has 11 nitrogen and oxygen atoms in total. The Hall–Kier alpha value is -4.28. The number of nitrogens with zero attached hydrogens (tertiary/aromatic N) is 1. The van der Waals surface area contributed by atoms with Crippen LogP contribution in [0.2, 0.25) is 0 Å². The summed E-state index contributed by atoms with van der Waals surface area (Å²) in [6, 6.07) is 8.01. The molecule has 230 valence electrons. The molecule has 0 spiro atoms. The van der Waals surface area contributed by atoms with Crippen LogP contribution in [0.4, 0.5) is 4.79 Å². The number of ether oxygens (including phenoxy) is 2. The number of benzene rings is 2. The van der Waals surface area contributed by atoms with Gasteiger partial charge < -0.3 is 35.2 Å². The monoisotopic (exact) mass is 585 g/mol. The summed E-state index contributed by atoms with van der Waals surface area (Å²) in [5.41, 5.74) is 0.766. The van der Waals surface area contributed by atoms with Crippen molar-refractivity contribution in [2.24, 2.45) is 0 Å². The molecule has 3 amide bonds. The van der Waals surface area contributed by atoms with Gasteiger partial charge >= 0.3 is 12.1 Å². The lowest BCUT2D eigenvalue weighted by molar-refractivity contribution is -0.145. The lowest BCUT2D eigenvalue weighted by atomic mass is 9.97. The summed E-state index contributed by atoms with van der Waals surface area (Å²) in [5, 5.41) is 25.2. The highest BCUT2D eigenvalue weighted by Gasteiger charge is 2.38. The number of nitrogens with one attached hydrogen (secondary N) is 2. The van der Waals surface area contributed by atoms with E-state index in [9.17, 15) is 29.4 Å². The van der Waals surface area contributed by atoms with Gasteiger partial charge in [0.25, 0.3) is 0 Å². The quantitative estimate of drug-likeness (QED) is 0.274. The first kappa shape index (κ1) is 33.9. The van der Waals surface area contributed by atoms with E-state index in [0.29, 0.717) is 16.7 Å². The first-order chi connectivity index (χ1) is 19.6. The number of aromatic hydroxyl groups is 2. The minimum absolute atomic E-state index is 0.0154. The largest absolute Gasteiger partial charge is 0.508 e. The molecular weight excluding hydrogens is 542 g/mol. The maximum Gasteiger partial charge on any atom is 0.408 e. The molecule has 4 N–H and O–H groups in total. The molecule has 0 radical (unpaired) electrons. The van der Waals surface area contributed by atoms with Crippen LogP contribution in [-0.4, -0.2) is 69.8 Å². The van der Waals surface area contributed by atoms with Crippen LogP contribution in [-0.2, 0) is 30.3 Å². The predicted octanol–water partition coefficient (Wildman–Crippen LogP) is 3.89. The maximum atomic E-state index is 14.3. The number of aryl methyl sites for hydroxylation is 1. The second kappa shape index (κ2) is 15.1. The van der Waals surface area contributed by atoms with Gasteiger partial charge in [-0.2, -0.15) is 0 Å². The number of alkyl carbamates (subject to hydrolysis) is 1. The van der Waals surface area contributed by atoms with E-state index in [2.05, 4.69) is 10.6 Å². The molecular formula is C31H43N3O8. The van der Waals surface area contributed by atoms with Crippen LogP contribution in [0.25, 0.3) is 0 Å². The van der Waals surface area contributed by atoms with E-state index >= 15 is 0 Å². The molecule has 0 aliphatic rings. The highest BCUT2D eigenvalue weighted by atomic mass is 16.6. The van der Waals surface area contributed by atoms with Gasteiger partial charge in [0, 0.05) is 19.0 Å². The molecule has 2 rings (SSSR count). The van der Waals surface area contributed by atoms with E-state index in [0.717, 1.165) is 0 Å². The standard InChI is InChI=1S/C31H43N3O8/c1-8-41-26(37)15-16-32-28(38)27(22-11-14-25(36)20(4)17-22)34(19(2)3)29(39)24(33-30(40)42-31(5,6)7)18-21-9-12-23(35)13-10-21/h9-14,17,19,24,27,35-36H,8,15-16,18H2,1-7H3,(H,32,38)(H,33,40). The number of carbonyl (C=O) groups excluding carboxylic acids is 4. The number of rotatable bonds is 12. The predicted molar refractivity (Wildman–Crippen MR) is 157 cm³/mol. The lowest BCUT2D eigenvalue weighted by Crippen LogP contribution is -2.55. The van der Waals surface area contributed by atoms with Crippen molar-refractivity contribution in [1.29, 1.82) is 0 Å². The van der Waals surface area contributed by atoms with E-state index < -0.39 is 47.6 Å². The zero-order valence-electron chi connectivity index (χ0n) is 25.4. The normalized spacial score (nSPS) is 12.7. The molecule has 2 aromatic carbocycles. The summed E-state index contributed by atoms with van der Waals surface area (Å²) in [6.45, 7) is 12.2. The highest BCUT2D eigenvalue weighted by Crippen LogP contribution is 2.29. The van der Waals surface area contributed by atoms with Crippen LogP contribution in [0.1, 0.15) is 70.7 Å². The molecule has 42 heavy (non-hydrogen) atoms. The molecule has 2 atom stereocenters. The first-order valence-electron chi connectivity index (χ1n) is 13.9. The van der Waals surface area contributed by atoms with Crippen LogP contribution in [0, 0.1) is 6.92 Å². The number of phenolic OH excluding ortho intramolecular Hbond substituents is 2. The summed E-state index contributed by atoms with van der Waals surface area (Å²) in [6.07, 6.45) is -0.813. The lowest BCUT2D eigenvalue weighted by Gasteiger charge is -2.37. The van der Waals surface area contributed by atoms with Crippen molar-refractivity contribution >= 4 is 23.9 Å². The number of carbonyl (C=O) groups is 4. The van der Waals surface area contributed by atoms with Gasteiger partial charge in [-0.25, -0.2) is 4.79 Å². The SMILES string of the molecule is CCOC(=O)CCNC(=O)C(c1ccc(O)c(C)c1)N(C(=O)C(Cc1ccc(O)cc1)NC(=O)OC(C)(C)C)C(C)C. The Morgan fingerprint density at radius 2 is 1.64 bits per heavy atom. The minimum Gasteiger partial charge on any atom is -0.508 e. The van der Waals surface area contributed by atoms with Gasteiger partial charge in [0.15, 0.2) is 0 Å². The van der Waals surface area contributed by atoms with E-state index in [1.807, 2.05) is 0 Å². The van der Waals surface area contributed by atoms with Crippen molar-refractivity contribution in [1.82, 2.24) is 15.5 Å². The fraction of sp³-hybridized carbons (Fsp3) is 0.484. The summed E-state index contributed by atoms with van der Waals surface area (Å²) in [5.74, 6) is -1.50. The molecule has 0 fully saturated rings. The number of phenols is 2. The Morgan fingerprint density at radius 1 is 1.00 bits per heavy atom. The molecule has 0 aromatic heterocycles. The Morgan fingerprint density at radius 3 is 2.19 bits per heavy atom. The van der Waals surface area contributed by atoms with Crippen molar-refractivity contribution in [2.45, 2.75) is 85.0 Å². The van der Waals surface area contributed by atoms with Gasteiger partial charge in [0.1, 0.15) is 29.2 Å². The zero-order valence-corrected chi connectivity index (χ0v) is 25.4. The van der Waals surface area contributed by atoms with Gasteiger partial charge in [0.05, 0.1) is 13.0 Å². The number of amides is 3. The number of hydrogen-bond donors (Lipinski definition) is 4. The minimum atomic E-state index is -1.17. The maximum absolute atomic E-state index is 14.3. The van der Waals surface area contributed by atoms with Gasteiger partial charge in [-0.15, -0.1) is 0 Å². The van der Waals surface area contributed by atoms with Crippen LogP contribution >= 0.6 is 0 Å². The smallest absolute Gasteiger partial charge is 0.408 e. The Labute approximate surface area is 247 Å². The van der Waals surface area contributed by atoms with Crippen LogP contribution in [0.5, 0.6) is 11.5 Å².